The summed E-state index contributed by atoms with van der Waals surface area (Å²) in [6.07, 6.45) is -2.49. The highest BCUT2D eigenvalue weighted by atomic mass is 32.1. The van der Waals surface area contributed by atoms with Crippen LogP contribution >= 0.6 is 22.7 Å². The molecule has 0 saturated carbocycles. The van der Waals surface area contributed by atoms with Crippen LogP contribution in [0.15, 0.2) is 17.6 Å². The topological polar surface area (TPSA) is 16.1 Å². The Bertz CT molecular complexity index is 559. The lowest BCUT2D eigenvalue weighted by Gasteiger charge is -2.26. The molecule has 1 aliphatic heterocycles. The Balaban J connectivity index is 1.83. The van der Waals surface area contributed by atoms with Crippen LogP contribution in [0.2, 0.25) is 0 Å². The largest absolute Gasteiger partial charge is 0.427 e. The van der Waals surface area contributed by atoms with Gasteiger partial charge in [0.2, 0.25) is 0 Å². The van der Waals surface area contributed by atoms with Gasteiger partial charge in [0.05, 0.1) is 6.20 Å². The van der Waals surface area contributed by atoms with E-state index in [0.717, 1.165) is 19.2 Å². The Labute approximate surface area is 110 Å². The summed E-state index contributed by atoms with van der Waals surface area (Å²) in [6, 6.07) is 2.03. The minimum atomic E-state index is -4.29. The van der Waals surface area contributed by atoms with Crippen LogP contribution in [0.5, 0.6) is 0 Å². The van der Waals surface area contributed by atoms with Gasteiger partial charge in [0.1, 0.15) is 4.88 Å². The molecule has 0 amide bonds. The number of halogens is 3. The smallest absolute Gasteiger partial charge is 0.343 e. The van der Waals surface area contributed by atoms with Gasteiger partial charge in [0.25, 0.3) is 0 Å². The van der Waals surface area contributed by atoms with E-state index in [2.05, 4.69) is 4.98 Å². The molecular formula is C11H9F3N2S2. The van der Waals surface area contributed by atoms with Gasteiger partial charge in [-0.15, -0.1) is 11.3 Å². The Morgan fingerprint density at radius 1 is 1.33 bits per heavy atom. The summed E-state index contributed by atoms with van der Waals surface area (Å²) >= 11 is 2.43. The van der Waals surface area contributed by atoms with Crippen molar-refractivity contribution in [3.63, 3.8) is 0 Å². The van der Waals surface area contributed by atoms with Gasteiger partial charge in [-0.3, -0.25) is 0 Å². The molecule has 0 aliphatic carbocycles. The Morgan fingerprint density at radius 3 is 2.89 bits per heavy atom. The van der Waals surface area contributed by atoms with Gasteiger partial charge in [-0.25, -0.2) is 4.98 Å². The van der Waals surface area contributed by atoms with Gasteiger partial charge >= 0.3 is 6.18 Å². The molecule has 0 saturated heterocycles. The molecular weight excluding hydrogens is 281 g/mol. The number of hydrogen-bond donors (Lipinski definition) is 0. The van der Waals surface area contributed by atoms with Gasteiger partial charge in [0, 0.05) is 18.0 Å². The summed E-state index contributed by atoms with van der Waals surface area (Å²) in [4.78, 5) is 6.50. The highest BCUT2D eigenvalue weighted by Crippen LogP contribution is 2.37. The van der Waals surface area contributed by atoms with Crippen LogP contribution in [0, 0.1) is 0 Å². The van der Waals surface area contributed by atoms with E-state index in [9.17, 15) is 13.2 Å². The maximum absolute atomic E-state index is 12.5. The lowest BCUT2D eigenvalue weighted by molar-refractivity contribution is -0.134. The molecule has 2 nitrogen and oxygen atoms in total. The predicted molar refractivity (Wildman–Crippen MR) is 66.2 cm³/mol. The van der Waals surface area contributed by atoms with Crippen molar-refractivity contribution in [2.45, 2.75) is 19.1 Å². The van der Waals surface area contributed by atoms with Crippen LogP contribution in [0.25, 0.3) is 0 Å². The number of thiazole rings is 1. The van der Waals surface area contributed by atoms with E-state index in [1.807, 2.05) is 16.3 Å². The molecule has 2 aromatic rings. The standard InChI is InChI=1S/C11H9F3N2S2/c12-11(13,14)9-5-15-10(18-9)16-3-1-8-7(6-16)2-4-17-8/h2,4-5H,1,3,6H2. The number of aromatic nitrogens is 1. The quantitative estimate of drug-likeness (QED) is 0.794. The molecule has 0 aromatic carbocycles. The second-order valence-corrected chi connectivity index (χ2v) is 6.06. The molecule has 96 valence electrons. The zero-order valence-corrected chi connectivity index (χ0v) is 10.8. The fourth-order valence-corrected chi connectivity index (χ4v) is 3.65. The van der Waals surface area contributed by atoms with Gasteiger partial charge in [-0.05, 0) is 23.4 Å². The summed E-state index contributed by atoms with van der Waals surface area (Å²) in [7, 11) is 0. The summed E-state index contributed by atoms with van der Waals surface area (Å²) in [5, 5.41) is 2.48. The molecule has 7 heteroatoms. The maximum Gasteiger partial charge on any atom is 0.427 e. The number of hydrogen-bond acceptors (Lipinski definition) is 4. The molecule has 1 aliphatic rings. The molecule has 2 aromatic heterocycles. The molecule has 0 atom stereocenters. The van der Waals surface area contributed by atoms with E-state index in [0.29, 0.717) is 23.0 Å². The minimum Gasteiger partial charge on any atom is -0.343 e. The maximum atomic E-state index is 12.5. The number of nitrogens with zero attached hydrogens (tertiary/aromatic N) is 2. The highest BCUT2D eigenvalue weighted by molar-refractivity contribution is 7.15. The van der Waals surface area contributed by atoms with Crippen LogP contribution < -0.4 is 4.90 Å². The molecule has 0 spiro atoms. The van der Waals surface area contributed by atoms with Gasteiger partial charge in [-0.2, -0.15) is 13.2 Å². The van der Waals surface area contributed by atoms with Crippen LogP contribution in [0.1, 0.15) is 15.3 Å². The predicted octanol–water partition coefficient (Wildman–Crippen LogP) is 3.79. The van der Waals surface area contributed by atoms with Crippen molar-refractivity contribution in [2.24, 2.45) is 0 Å². The summed E-state index contributed by atoms with van der Waals surface area (Å²) in [6.45, 7) is 1.39. The van der Waals surface area contributed by atoms with Gasteiger partial charge < -0.3 is 4.90 Å². The van der Waals surface area contributed by atoms with Crippen LogP contribution in [0.3, 0.4) is 0 Å². The molecule has 0 radical (unpaired) electrons. The number of alkyl halides is 3. The number of thiophene rings is 1. The van der Waals surface area contributed by atoms with Crippen molar-refractivity contribution < 1.29 is 13.2 Å². The average Bonchev–Trinajstić information content (AvgIpc) is 2.96. The SMILES string of the molecule is FC(F)(F)c1cnc(N2CCc3sccc3C2)s1. The summed E-state index contributed by atoms with van der Waals surface area (Å²) in [5.41, 5.74) is 1.20. The Hall–Kier alpha value is -1.08. The van der Waals surface area contributed by atoms with Gasteiger partial charge in [0.15, 0.2) is 5.13 Å². The van der Waals surface area contributed by atoms with Crippen molar-refractivity contribution in [1.82, 2.24) is 4.98 Å². The second-order valence-electron chi connectivity index (χ2n) is 4.05. The molecule has 3 heterocycles. The van der Waals surface area contributed by atoms with Crippen molar-refractivity contribution in [3.05, 3.63) is 33.0 Å². The Kier molecular flexibility index (Phi) is 2.82. The summed E-state index contributed by atoms with van der Waals surface area (Å²) in [5.74, 6) is 0. The first-order valence-corrected chi connectivity index (χ1v) is 7.07. The third-order valence-electron chi connectivity index (χ3n) is 2.85. The van der Waals surface area contributed by atoms with E-state index in [1.165, 1.54) is 10.4 Å². The monoisotopic (exact) mass is 290 g/mol. The zero-order chi connectivity index (χ0) is 12.8. The van der Waals surface area contributed by atoms with Crippen LogP contribution in [-0.4, -0.2) is 11.5 Å². The lowest BCUT2D eigenvalue weighted by Crippen LogP contribution is -2.29. The molecule has 0 N–H and O–H groups in total. The van der Waals surface area contributed by atoms with Crippen LogP contribution in [-0.2, 0) is 19.1 Å². The summed E-state index contributed by atoms with van der Waals surface area (Å²) < 4.78 is 37.5. The number of rotatable bonds is 1. The van der Waals surface area contributed by atoms with E-state index in [1.54, 1.807) is 11.3 Å². The minimum absolute atomic E-state index is 0.458. The zero-order valence-electron chi connectivity index (χ0n) is 9.20. The first-order valence-electron chi connectivity index (χ1n) is 5.37. The third kappa shape index (κ3) is 2.12. The first-order chi connectivity index (χ1) is 8.54. The first kappa shape index (κ1) is 12.0. The molecule has 0 fully saturated rings. The van der Waals surface area contributed by atoms with Crippen molar-refractivity contribution in [1.29, 1.82) is 0 Å². The van der Waals surface area contributed by atoms with E-state index in [-0.39, 0.29) is 0 Å². The van der Waals surface area contributed by atoms with Gasteiger partial charge in [-0.1, -0.05) is 11.3 Å². The Morgan fingerprint density at radius 2 is 2.17 bits per heavy atom. The van der Waals surface area contributed by atoms with Crippen molar-refractivity contribution in [3.8, 4) is 0 Å². The third-order valence-corrected chi connectivity index (χ3v) is 4.98. The fraction of sp³-hybridized carbons (Fsp3) is 0.364. The van der Waals surface area contributed by atoms with Crippen molar-refractivity contribution >= 4 is 27.8 Å². The van der Waals surface area contributed by atoms with Crippen molar-refractivity contribution in [2.75, 3.05) is 11.4 Å². The lowest BCUT2D eigenvalue weighted by atomic mass is 10.1. The molecule has 0 bridgehead atoms. The fourth-order valence-electron chi connectivity index (χ4n) is 1.95. The molecule has 3 rings (SSSR count). The highest BCUT2D eigenvalue weighted by Gasteiger charge is 2.34. The molecule has 18 heavy (non-hydrogen) atoms. The van der Waals surface area contributed by atoms with E-state index in [4.69, 9.17) is 0 Å². The van der Waals surface area contributed by atoms with Crippen LogP contribution in [0.4, 0.5) is 18.3 Å². The average molecular weight is 290 g/mol. The second kappa shape index (κ2) is 4.24. The van der Waals surface area contributed by atoms with E-state index >= 15 is 0 Å². The number of anilines is 1. The molecule has 0 unspecified atom stereocenters. The van der Waals surface area contributed by atoms with E-state index < -0.39 is 11.1 Å². The normalized spacial score (nSPS) is 15.8. The number of fused-ring (bicyclic) bond motifs is 1.